The summed E-state index contributed by atoms with van der Waals surface area (Å²) in [7, 11) is 1.59. The molecule has 0 aliphatic heterocycles. The molecule has 1 amide bonds. The third kappa shape index (κ3) is 2.78. The highest BCUT2D eigenvalue weighted by atomic mass is 16.2. The molecule has 0 aromatic carbocycles. The Hall–Kier alpha value is -1.92. The molecule has 0 saturated heterocycles. The maximum atomic E-state index is 11.7. The molecule has 0 aliphatic carbocycles. The summed E-state index contributed by atoms with van der Waals surface area (Å²) in [5, 5.41) is 5.46. The lowest BCUT2D eigenvalue weighted by atomic mass is 10.3. The number of hydrogen-bond acceptors (Lipinski definition) is 4. The second-order valence-electron chi connectivity index (χ2n) is 3.44. The average Bonchev–Trinajstić information content (AvgIpc) is 2.25. The molecule has 0 aliphatic rings. The number of carbonyl (C=O) groups excluding carboxylic acids is 1. The lowest BCUT2D eigenvalue weighted by Gasteiger charge is -2.14. The molecule has 0 fully saturated rings. The van der Waals surface area contributed by atoms with Gasteiger partial charge < -0.3 is 4.90 Å². The first-order valence-corrected chi connectivity index (χ1v) is 5.00. The minimum absolute atomic E-state index is 0.293. The Labute approximate surface area is 91.5 Å². The van der Waals surface area contributed by atoms with Crippen LogP contribution in [0.4, 0.5) is 0 Å². The van der Waals surface area contributed by atoms with Crippen LogP contribution in [0.5, 0.6) is 0 Å². The molecule has 1 aromatic rings. The minimum Gasteiger partial charge on any atom is -0.340 e. The molecule has 2 N–H and O–H groups in total. The van der Waals surface area contributed by atoms with Crippen molar-refractivity contribution in [2.75, 3.05) is 13.6 Å². The van der Waals surface area contributed by atoms with Crippen LogP contribution in [-0.2, 0) is 0 Å². The summed E-state index contributed by atoms with van der Waals surface area (Å²) in [5.41, 5.74) is -1.78. The normalized spacial score (nSPS) is 10.1. The fourth-order valence-electron chi connectivity index (χ4n) is 1.17. The van der Waals surface area contributed by atoms with E-state index in [1.54, 1.807) is 7.05 Å². The van der Waals surface area contributed by atoms with E-state index >= 15 is 0 Å². The van der Waals surface area contributed by atoms with E-state index < -0.39 is 17.2 Å². The Morgan fingerprint density at radius 1 is 1.44 bits per heavy atom. The Kier molecular flexibility index (Phi) is 3.98. The maximum absolute atomic E-state index is 11.7. The zero-order valence-corrected chi connectivity index (χ0v) is 9.24. The monoisotopic (exact) mass is 226 g/mol. The predicted molar refractivity (Wildman–Crippen MR) is 57.3 cm³/mol. The average molecular weight is 226 g/mol. The Morgan fingerprint density at radius 3 is 2.69 bits per heavy atom. The maximum Gasteiger partial charge on any atom is 0.342 e. The van der Waals surface area contributed by atoms with Gasteiger partial charge in [0.1, 0.15) is 0 Å². The summed E-state index contributed by atoms with van der Waals surface area (Å²) >= 11 is 0. The van der Waals surface area contributed by atoms with Crippen molar-refractivity contribution in [1.29, 1.82) is 0 Å². The van der Waals surface area contributed by atoms with Gasteiger partial charge in [0, 0.05) is 13.6 Å². The number of carbonyl (C=O) groups is 1. The number of aromatic nitrogens is 3. The summed E-state index contributed by atoms with van der Waals surface area (Å²) in [6.07, 6.45) is 1.80. The van der Waals surface area contributed by atoms with E-state index in [-0.39, 0.29) is 5.69 Å². The first-order chi connectivity index (χ1) is 7.56. The van der Waals surface area contributed by atoms with Crippen LogP contribution in [0, 0.1) is 0 Å². The van der Waals surface area contributed by atoms with Crippen molar-refractivity contribution in [3.8, 4) is 0 Å². The molecule has 0 atom stereocenters. The third-order valence-corrected chi connectivity index (χ3v) is 2.11. The molecule has 88 valence electrons. The van der Waals surface area contributed by atoms with Gasteiger partial charge >= 0.3 is 5.69 Å². The quantitative estimate of drug-likeness (QED) is 0.711. The highest BCUT2D eigenvalue weighted by molar-refractivity contribution is 5.91. The molecule has 0 spiro atoms. The number of rotatable bonds is 4. The number of amides is 1. The van der Waals surface area contributed by atoms with Gasteiger partial charge in [-0.3, -0.25) is 14.6 Å². The zero-order chi connectivity index (χ0) is 12.1. The van der Waals surface area contributed by atoms with Crippen LogP contribution < -0.4 is 11.2 Å². The molecular weight excluding hydrogens is 212 g/mol. The van der Waals surface area contributed by atoms with E-state index in [0.29, 0.717) is 6.54 Å². The number of hydrogen-bond donors (Lipinski definition) is 2. The molecule has 0 saturated carbocycles. The summed E-state index contributed by atoms with van der Waals surface area (Å²) in [5.74, 6) is -0.494. The van der Waals surface area contributed by atoms with Gasteiger partial charge in [0.2, 0.25) is 5.69 Å². The number of nitrogens with zero attached hydrogens (tertiary/aromatic N) is 2. The van der Waals surface area contributed by atoms with Crippen LogP contribution in [0.3, 0.4) is 0 Å². The van der Waals surface area contributed by atoms with Crippen molar-refractivity contribution in [3.63, 3.8) is 0 Å². The van der Waals surface area contributed by atoms with Crippen molar-refractivity contribution in [3.05, 3.63) is 26.5 Å². The molecule has 1 aromatic heterocycles. The van der Waals surface area contributed by atoms with Crippen molar-refractivity contribution in [1.82, 2.24) is 20.1 Å². The van der Waals surface area contributed by atoms with Gasteiger partial charge in [-0.25, -0.2) is 9.89 Å². The molecule has 0 bridgehead atoms. The highest BCUT2D eigenvalue weighted by Gasteiger charge is 2.16. The number of aromatic amines is 2. The second kappa shape index (κ2) is 5.24. The van der Waals surface area contributed by atoms with Gasteiger partial charge in [-0.1, -0.05) is 13.3 Å². The standard InChI is InChI=1S/C9H14N4O3/c1-3-4-5-13(2)8(15)6-7(14)10-9(16)12-11-6/h3-5H2,1-2H3,(H2,10,12,14,16). The van der Waals surface area contributed by atoms with Crippen LogP contribution in [0.1, 0.15) is 30.3 Å². The Bertz CT molecular complexity index is 476. The van der Waals surface area contributed by atoms with Gasteiger partial charge in [-0.2, -0.15) is 5.10 Å². The topological polar surface area (TPSA) is 98.9 Å². The molecule has 1 heterocycles. The van der Waals surface area contributed by atoms with Crippen molar-refractivity contribution in [2.24, 2.45) is 0 Å². The molecule has 0 unspecified atom stereocenters. The van der Waals surface area contributed by atoms with Gasteiger partial charge in [-0.15, -0.1) is 0 Å². The molecule has 0 radical (unpaired) electrons. The second-order valence-corrected chi connectivity index (χ2v) is 3.44. The Balaban J connectivity index is 2.88. The molecule has 16 heavy (non-hydrogen) atoms. The Morgan fingerprint density at radius 2 is 2.12 bits per heavy atom. The fraction of sp³-hybridized carbons (Fsp3) is 0.556. The lowest BCUT2D eigenvalue weighted by molar-refractivity contribution is 0.0784. The van der Waals surface area contributed by atoms with Gasteiger partial charge in [0.15, 0.2) is 0 Å². The van der Waals surface area contributed by atoms with Crippen LogP contribution >= 0.6 is 0 Å². The van der Waals surface area contributed by atoms with E-state index in [2.05, 4.69) is 5.10 Å². The van der Waals surface area contributed by atoms with Crippen LogP contribution in [-0.4, -0.2) is 39.6 Å². The van der Waals surface area contributed by atoms with E-state index in [1.807, 2.05) is 17.0 Å². The number of unbranched alkanes of at least 4 members (excludes halogenated alkanes) is 1. The van der Waals surface area contributed by atoms with E-state index in [4.69, 9.17) is 0 Å². The summed E-state index contributed by atoms with van der Waals surface area (Å²) in [4.78, 5) is 37.0. The van der Waals surface area contributed by atoms with Crippen LogP contribution in [0.2, 0.25) is 0 Å². The molecule has 1 rings (SSSR count). The van der Waals surface area contributed by atoms with Crippen molar-refractivity contribution >= 4 is 5.91 Å². The SMILES string of the molecule is CCCCN(C)C(=O)c1n[nH]c(=O)[nH]c1=O. The number of H-pyrrole nitrogens is 2. The highest BCUT2D eigenvalue weighted by Crippen LogP contribution is 1.95. The fourth-order valence-corrected chi connectivity index (χ4v) is 1.17. The third-order valence-electron chi connectivity index (χ3n) is 2.11. The minimum atomic E-state index is -0.767. The van der Waals surface area contributed by atoms with E-state index in [0.717, 1.165) is 12.8 Å². The summed E-state index contributed by atoms with van der Waals surface area (Å²) < 4.78 is 0. The van der Waals surface area contributed by atoms with Crippen molar-refractivity contribution < 1.29 is 4.79 Å². The molecular formula is C9H14N4O3. The van der Waals surface area contributed by atoms with Crippen LogP contribution in [0.15, 0.2) is 9.59 Å². The zero-order valence-electron chi connectivity index (χ0n) is 9.24. The van der Waals surface area contributed by atoms with Crippen LogP contribution in [0.25, 0.3) is 0 Å². The lowest BCUT2D eigenvalue weighted by Crippen LogP contribution is -2.37. The molecule has 7 heteroatoms. The number of nitrogens with one attached hydrogen (secondary N) is 2. The van der Waals surface area contributed by atoms with Gasteiger partial charge in [0.05, 0.1) is 0 Å². The summed E-state index contributed by atoms with van der Waals surface area (Å²) in [6, 6.07) is 0. The van der Waals surface area contributed by atoms with E-state index in [9.17, 15) is 14.4 Å². The van der Waals surface area contributed by atoms with Crippen molar-refractivity contribution in [2.45, 2.75) is 19.8 Å². The largest absolute Gasteiger partial charge is 0.342 e. The predicted octanol–water partition coefficient (Wildman–Crippen LogP) is -0.670. The van der Waals surface area contributed by atoms with E-state index in [1.165, 1.54) is 4.90 Å². The van der Waals surface area contributed by atoms with Gasteiger partial charge in [-0.05, 0) is 6.42 Å². The summed E-state index contributed by atoms with van der Waals surface area (Å²) in [6.45, 7) is 2.55. The molecule has 7 nitrogen and oxygen atoms in total. The van der Waals surface area contributed by atoms with Gasteiger partial charge in [0.25, 0.3) is 11.5 Å². The first-order valence-electron chi connectivity index (χ1n) is 5.00. The first kappa shape index (κ1) is 12.2. The smallest absolute Gasteiger partial charge is 0.340 e.